The second-order valence-electron chi connectivity index (χ2n) is 11.2. The Bertz CT molecular complexity index is 1730. The number of carbonyl (C=O) groups is 1. The van der Waals surface area contributed by atoms with Gasteiger partial charge in [-0.15, -0.1) is 0 Å². The van der Waals surface area contributed by atoms with E-state index in [1.54, 1.807) is 58.0 Å². The van der Waals surface area contributed by atoms with Crippen LogP contribution in [0, 0.1) is 0 Å². The van der Waals surface area contributed by atoms with Crippen LogP contribution in [0.3, 0.4) is 0 Å². The number of nitrogens with one attached hydrogen (secondary N) is 1. The standard InChI is InChI=1S/C30H28Cl2F3N5O4/c31-20-5-1-19(2-6-20)27(41)38-11-9-29(43,10-12-38)16-39-17-37-26-22(28(39)42)13-25(32)40(26)21-7-3-18(4-8-21)23-15-44-24(14-36-23)30(33,34)35/h1-8,13,17,23-24,36,43H,9-12,14-16H2. The van der Waals surface area contributed by atoms with E-state index in [2.05, 4.69) is 10.3 Å². The molecule has 2 N–H and O–H groups in total. The summed E-state index contributed by atoms with van der Waals surface area (Å²) in [6, 6.07) is 14.7. The van der Waals surface area contributed by atoms with Crippen molar-refractivity contribution in [3.8, 4) is 5.69 Å². The number of alkyl halides is 3. The molecule has 4 heterocycles. The minimum absolute atomic E-state index is 0.000893. The van der Waals surface area contributed by atoms with Gasteiger partial charge in [-0.2, -0.15) is 13.2 Å². The van der Waals surface area contributed by atoms with Crippen molar-refractivity contribution in [2.24, 2.45) is 0 Å². The lowest BCUT2D eigenvalue weighted by molar-refractivity contribution is -0.229. The monoisotopic (exact) mass is 649 g/mol. The molecule has 0 spiro atoms. The van der Waals surface area contributed by atoms with E-state index in [1.807, 2.05) is 0 Å². The number of carbonyl (C=O) groups excluding carboxylic acids is 1. The molecule has 6 rings (SSSR count). The highest BCUT2D eigenvalue weighted by atomic mass is 35.5. The minimum Gasteiger partial charge on any atom is -0.388 e. The third kappa shape index (κ3) is 6.09. The first-order chi connectivity index (χ1) is 20.9. The van der Waals surface area contributed by atoms with Gasteiger partial charge in [-0.05, 0) is 60.9 Å². The fraction of sp³-hybridized carbons (Fsp3) is 0.367. The normalized spacial score (nSPS) is 20.6. The Morgan fingerprint density at radius 2 is 1.77 bits per heavy atom. The van der Waals surface area contributed by atoms with E-state index in [-0.39, 0.29) is 54.5 Å². The first-order valence-electron chi connectivity index (χ1n) is 14.0. The summed E-state index contributed by atoms with van der Waals surface area (Å²) >= 11 is 12.5. The van der Waals surface area contributed by atoms with Crippen molar-refractivity contribution >= 4 is 40.1 Å². The van der Waals surface area contributed by atoms with Crippen LogP contribution in [0.25, 0.3) is 16.7 Å². The highest BCUT2D eigenvalue weighted by molar-refractivity contribution is 6.31. The van der Waals surface area contributed by atoms with Gasteiger partial charge in [0.1, 0.15) is 11.5 Å². The van der Waals surface area contributed by atoms with Gasteiger partial charge < -0.3 is 20.1 Å². The molecule has 232 valence electrons. The second-order valence-corrected chi connectivity index (χ2v) is 12.0. The number of morpholine rings is 1. The van der Waals surface area contributed by atoms with Crippen LogP contribution in [0.2, 0.25) is 10.2 Å². The molecule has 2 aliphatic rings. The number of halogens is 5. The zero-order valence-corrected chi connectivity index (χ0v) is 24.7. The van der Waals surface area contributed by atoms with Crippen LogP contribution >= 0.6 is 23.2 Å². The van der Waals surface area contributed by atoms with Crippen molar-refractivity contribution < 1.29 is 27.8 Å². The van der Waals surface area contributed by atoms with Crippen molar-refractivity contribution in [1.82, 2.24) is 24.3 Å². The van der Waals surface area contributed by atoms with E-state index in [0.29, 0.717) is 35.0 Å². The summed E-state index contributed by atoms with van der Waals surface area (Å²) in [5, 5.41) is 15.2. The fourth-order valence-electron chi connectivity index (χ4n) is 5.68. The topological polar surface area (TPSA) is 102 Å². The third-order valence-corrected chi connectivity index (χ3v) is 8.74. The summed E-state index contributed by atoms with van der Waals surface area (Å²) < 4.78 is 46.7. The Morgan fingerprint density at radius 1 is 1.09 bits per heavy atom. The van der Waals surface area contributed by atoms with E-state index >= 15 is 0 Å². The van der Waals surface area contributed by atoms with E-state index < -0.39 is 23.9 Å². The maximum atomic E-state index is 13.4. The average Bonchev–Trinajstić information content (AvgIpc) is 3.35. The number of ether oxygens (including phenoxy) is 1. The summed E-state index contributed by atoms with van der Waals surface area (Å²) in [6.07, 6.45) is -4.33. The highest BCUT2D eigenvalue weighted by Crippen LogP contribution is 2.30. The van der Waals surface area contributed by atoms with Crippen molar-refractivity contribution in [3.63, 3.8) is 0 Å². The summed E-state index contributed by atoms with van der Waals surface area (Å²) in [6.45, 7) is 0.189. The number of aliphatic hydroxyl groups is 1. The number of aromatic nitrogens is 3. The first-order valence-corrected chi connectivity index (χ1v) is 14.7. The highest BCUT2D eigenvalue weighted by Gasteiger charge is 2.43. The Morgan fingerprint density at radius 3 is 2.39 bits per heavy atom. The van der Waals surface area contributed by atoms with Crippen LogP contribution in [0.5, 0.6) is 0 Å². The molecule has 1 amide bonds. The quantitative estimate of drug-likeness (QED) is 0.324. The maximum Gasteiger partial charge on any atom is 0.415 e. The van der Waals surface area contributed by atoms with Gasteiger partial charge >= 0.3 is 6.18 Å². The number of hydrogen-bond donors (Lipinski definition) is 2. The Balaban J connectivity index is 1.15. The number of amides is 1. The van der Waals surface area contributed by atoms with Crippen LogP contribution in [-0.4, -0.2) is 74.2 Å². The van der Waals surface area contributed by atoms with Gasteiger partial charge in [0, 0.05) is 35.9 Å². The van der Waals surface area contributed by atoms with E-state index in [4.69, 9.17) is 27.9 Å². The lowest BCUT2D eigenvalue weighted by atomic mass is 9.91. The summed E-state index contributed by atoms with van der Waals surface area (Å²) in [5.74, 6) is -0.147. The van der Waals surface area contributed by atoms with Crippen molar-refractivity contribution in [3.05, 3.63) is 92.6 Å². The number of hydrogen-bond acceptors (Lipinski definition) is 6. The van der Waals surface area contributed by atoms with Crippen LogP contribution in [0.15, 0.2) is 65.7 Å². The predicted molar refractivity (Wildman–Crippen MR) is 158 cm³/mol. The Hall–Kier alpha value is -3.42. The lowest BCUT2D eigenvalue weighted by Crippen LogP contribution is -2.49. The average molecular weight is 650 g/mol. The minimum atomic E-state index is -4.42. The molecule has 2 aromatic carbocycles. The molecule has 2 fully saturated rings. The molecule has 2 atom stereocenters. The van der Waals surface area contributed by atoms with Gasteiger partial charge in [-0.1, -0.05) is 35.3 Å². The molecule has 2 aliphatic heterocycles. The van der Waals surface area contributed by atoms with Gasteiger partial charge in [0.15, 0.2) is 11.8 Å². The van der Waals surface area contributed by atoms with Gasteiger partial charge in [0.05, 0.1) is 30.2 Å². The molecule has 9 nitrogen and oxygen atoms in total. The largest absolute Gasteiger partial charge is 0.415 e. The molecule has 14 heteroatoms. The molecule has 2 unspecified atom stereocenters. The number of nitrogens with zero attached hydrogens (tertiary/aromatic N) is 4. The molecule has 4 aromatic rings. The van der Waals surface area contributed by atoms with Gasteiger partial charge in [0.2, 0.25) is 0 Å². The molecular formula is C30H28Cl2F3N5O4. The van der Waals surface area contributed by atoms with Crippen LogP contribution < -0.4 is 10.9 Å². The molecule has 2 aromatic heterocycles. The fourth-order valence-corrected chi connectivity index (χ4v) is 6.09. The molecule has 44 heavy (non-hydrogen) atoms. The second kappa shape index (κ2) is 11.8. The lowest BCUT2D eigenvalue weighted by Gasteiger charge is -2.38. The van der Waals surface area contributed by atoms with E-state index in [9.17, 15) is 27.9 Å². The smallest absolute Gasteiger partial charge is 0.388 e. The van der Waals surface area contributed by atoms with E-state index in [1.165, 1.54) is 17.0 Å². The number of benzene rings is 2. The van der Waals surface area contributed by atoms with Crippen molar-refractivity contribution in [2.75, 3.05) is 26.2 Å². The molecule has 0 saturated carbocycles. The van der Waals surface area contributed by atoms with Gasteiger partial charge in [-0.25, -0.2) is 4.98 Å². The van der Waals surface area contributed by atoms with Gasteiger partial charge in [0.25, 0.3) is 11.5 Å². The third-order valence-electron chi connectivity index (χ3n) is 8.21. The summed E-state index contributed by atoms with van der Waals surface area (Å²) in [5.41, 5.74) is 0.607. The SMILES string of the molecule is O=C(c1ccc(Cl)cc1)N1CCC(O)(Cn2cnc3c(cc(Cl)n3-c3ccc(C4COC(C(F)(F)F)CN4)cc3)c2=O)CC1. The van der Waals surface area contributed by atoms with Crippen LogP contribution in [-0.2, 0) is 11.3 Å². The van der Waals surface area contributed by atoms with Gasteiger partial charge in [-0.3, -0.25) is 18.7 Å². The zero-order chi connectivity index (χ0) is 31.2. The maximum absolute atomic E-state index is 13.4. The number of rotatable bonds is 5. The molecule has 2 saturated heterocycles. The number of piperidine rings is 1. The van der Waals surface area contributed by atoms with Crippen LogP contribution in [0.4, 0.5) is 13.2 Å². The Labute approximate surface area is 259 Å². The van der Waals surface area contributed by atoms with Crippen LogP contribution in [0.1, 0.15) is 34.8 Å². The number of likely N-dealkylation sites (tertiary alicyclic amines) is 1. The zero-order valence-electron chi connectivity index (χ0n) is 23.2. The summed E-state index contributed by atoms with van der Waals surface area (Å²) in [4.78, 5) is 32.5. The van der Waals surface area contributed by atoms with Crippen molar-refractivity contribution in [1.29, 1.82) is 0 Å². The molecule has 0 bridgehead atoms. The van der Waals surface area contributed by atoms with Crippen molar-refractivity contribution in [2.45, 2.75) is 43.3 Å². The molecule has 0 aliphatic carbocycles. The number of fused-ring (bicyclic) bond motifs is 1. The Kier molecular flexibility index (Phi) is 8.22. The van der Waals surface area contributed by atoms with E-state index in [0.717, 1.165) is 5.56 Å². The molecular weight excluding hydrogens is 622 g/mol. The molecule has 0 radical (unpaired) electrons. The first kappa shape index (κ1) is 30.6. The predicted octanol–water partition coefficient (Wildman–Crippen LogP) is 4.75. The summed E-state index contributed by atoms with van der Waals surface area (Å²) in [7, 11) is 0.